The van der Waals surface area contributed by atoms with Crippen molar-refractivity contribution >= 4 is 0 Å². The zero-order valence-corrected chi connectivity index (χ0v) is 12.0. The van der Waals surface area contributed by atoms with Gasteiger partial charge in [-0.05, 0) is 54.8 Å². The summed E-state index contributed by atoms with van der Waals surface area (Å²) >= 11 is 0. The number of unbranched alkanes of at least 4 members (excludes halogenated alkanes) is 3. The summed E-state index contributed by atoms with van der Waals surface area (Å²) in [6.45, 7) is 7.95. The minimum absolute atomic E-state index is 0.371. The molecule has 0 aliphatic heterocycles. The molecule has 2 fully saturated rings. The molecule has 2 aliphatic rings. The first-order valence-corrected chi connectivity index (χ1v) is 7.63. The first-order valence-electron chi connectivity index (χ1n) is 7.63. The van der Waals surface area contributed by atoms with Crippen LogP contribution in [-0.4, -0.2) is 11.7 Å². The molecule has 2 saturated carbocycles. The lowest BCUT2D eigenvalue weighted by atomic mass is 9.65. The molecule has 0 aromatic rings. The molecule has 3 unspecified atom stereocenters. The number of aliphatic hydroxyl groups is 1. The highest BCUT2D eigenvalue weighted by molar-refractivity contribution is 5.09. The molecule has 0 aromatic heterocycles. The number of fused-ring (bicyclic) bond motifs is 2. The van der Waals surface area contributed by atoms with Crippen molar-refractivity contribution in [1.29, 1.82) is 0 Å². The van der Waals surface area contributed by atoms with Crippen molar-refractivity contribution in [2.45, 2.75) is 72.1 Å². The van der Waals surface area contributed by atoms with Gasteiger partial charge in [-0.25, -0.2) is 0 Å². The third-order valence-electron chi connectivity index (χ3n) is 6.44. The smallest absolute Gasteiger partial charge is 0.0431 e. The zero-order valence-electron chi connectivity index (χ0n) is 12.0. The molecule has 0 spiro atoms. The SMILES string of the molecule is CC1(C)C2CCC1(C)C(CCCCCCO)C2. The van der Waals surface area contributed by atoms with E-state index in [1.165, 1.54) is 44.9 Å². The van der Waals surface area contributed by atoms with Crippen molar-refractivity contribution in [3.63, 3.8) is 0 Å². The minimum Gasteiger partial charge on any atom is -0.396 e. The van der Waals surface area contributed by atoms with Gasteiger partial charge in [0.25, 0.3) is 0 Å². The quantitative estimate of drug-likeness (QED) is 0.680. The van der Waals surface area contributed by atoms with Crippen LogP contribution in [0.3, 0.4) is 0 Å². The summed E-state index contributed by atoms with van der Waals surface area (Å²) in [5.74, 6) is 1.97. The summed E-state index contributed by atoms with van der Waals surface area (Å²) in [5.41, 5.74) is 1.21. The Hall–Kier alpha value is -0.0400. The Morgan fingerprint density at radius 3 is 2.29 bits per heavy atom. The summed E-state index contributed by atoms with van der Waals surface area (Å²) in [6.07, 6.45) is 10.8. The van der Waals surface area contributed by atoms with Gasteiger partial charge in [0, 0.05) is 6.61 Å². The summed E-state index contributed by atoms with van der Waals surface area (Å²) in [5, 5.41) is 8.77. The van der Waals surface area contributed by atoms with Crippen LogP contribution in [0.25, 0.3) is 0 Å². The Kier molecular flexibility index (Phi) is 3.87. The molecule has 3 atom stereocenters. The third kappa shape index (κ3) is 2.16. The Bertz CT molecular complexity index is 258. The molecule has 0 aromatic carbocycles. The van der Waals surface area contributed by atoms with E-state index in [-0.39, 0.29) is 0 Å². The van der Waals surface area contributed by atoms with E-state index >= 15 is 0 Å². The first-order chi connectivity index (χ1) is 8.02. The van der Waals surface area contributed by atoms with Gasteiger partial charge in [-0.1, -0.05) is 40.0 Å². The molecule has 2 bridgehead atoms. The lowest BCUT2D eigenvalue weighted by Gasteiger charge is -2.39. The molecular formula is C16H30O. The van der Waals surface area contributed by atoms with Gasteiger partial charge in [-0.15, -0.1) is 0 Å². The first kappa shape index (κ1) is 13.4. The van der Waals surface area contributed by atoms with Crippen LogP contribution in [0.1, 0.15) is 72.1 Å². The monoisotopic (exact) mass is 238 g/mol. The minimum atomic E-state index is 0.371. The molecule has 17 heavy (non-hydrogen) atoms. The van der Waals surface area contributed by atoms with Gasteiger partial charge in [-0.3, -0.25) is 0 Å². The van der Waals surface area contributed by atoms with E-state index < -0.39 is 0 Å². The van der Waals surface area contributed by atoms with E-state index in [4.69, 9.17) is 5.11 Å². The van der Waals surface area contributed by atoms with E-state index in [0.717, 1.165) is 18.3 Å². The van der Waals surface area contributed by atoms with Gasteiger partial charge < -0.3 is 5.11 Å². The molecule has 2 rings (SSSR count). The Balaban J connectivity index is 1.80. The van der Waals surface area contributed by atoms with E-state index in [9.17, 15) is 0 Å². The van der Waals surface area contributed by atoms with Gasteiger partial charge >= 0.3 is 0 Å². The van der Waals surface area contributed by atoms with Crippen LogP contribution in [-0.2, 0) is 0 Å². The maximum absolute atomic E-state index is 8.77. The van der Waals surface area contributed by atoms with E-state index in [1.54, 1.807) is 0 Å². The van der Waals surface area contributed by atoms with Crippen molar-refractivity contribution in [3.8, 4) is 0 Å². The number of aliphatic hydroxyl groups excluding tert-OH is 1. The molecule has 2 aliphatic carbocycles. The van der Waals surface area contributed by atoms with Gasteiger partial charge in [0.1, 0.15) is 0 Å². The molecule has 100 valence electrons. The third-order valence-corrected chi connectivity index (χ3v) is 6.44. The highest BCUT2D eigenvalue weighted by Crippen LogP contribution is 2.68. The molecule has 0 saturated heterocycles. The second-order valence-electron chi connectivity index (χ2n) is 7.23. The fourth-order valence-electron chi connectivity index (χ4n) is 4.66. The van der Waals surface area contributed by atoms with Gasteiger partial charge in [0.15, 0.2) is 0 Å². The fraction of sp³-hybridized carbons (Fsp3) is 1.00. The Labute approximate surface area is 107 Å². The van der Waals surface area contributed by atoms with Crippen LogP contribution in [0.5, 0.6) is 0 Å². The fourth-order valence-corrected chi connectivity index (χ4v) is 4.66. The second kappa shape index (κ2) is 4.91. The molecule has 0 amide bonds. The highest BCUT2D eigenvalue weighted by Gasteiger charge is 2.60. The summed E-state index contributed by atoms with van der Waals surface area (Å²) < 4.78 is 0. The molecular weight excluding hydrogens is 208 g/mol. The topological polar surface area (TPSA) is 20.2 Å². The van der Waals surface area contributed by atoms with E-state index in [0.29, 0.717) is 17.4 Å². The Morgan fingerprint density at radius 1 is 1.06 bits per heavy atom. The average Bonchev–Trinajstić information content (AvgIpc) is 2.61. The maximum Gasteiger partial charge on any atom is 0.0431 e. The lowest BCUT2D eigenvalue weighted by Crippen LogP contribution is -2.32. The summed E-state index contributed by atoms with van der Waals surface area (Å²) in [6, 6.07) is 0. The summed E-state index contributed by atoms with van der Waals surface area (Å²) in [7, 11) is 0. The van der Waals surface area contributed by atoms with E-state index in [1.807, 2.05) is 0 Å². The van der Waals surface area contributed by atoms with Crippen LogP contribution in [0.4, 0.5) is 0 Å². The maximum atomic E-state index is 8.77. The number of hydrogen-bond donors (Lipinski definition) is 1. The standard InChI is InChI=1S/C16H30O/c1-15(2)13-9-10-16(15,3)14(12-13)8-6-4-5-7-11-17/h13-14,17H,4-12H2,1-3H3. The number of hydrogen-bond acceptors (Lipinski definition) is 1. The predicted molar refractivity (Wildman–Crippen MR) is 72.9 cm³/mol. The van der Waals surface area contributed by atoms with Crippen LogP contribution < -0.4 is 0 Å². The van der Waals surface area contributed by atoms with Crippen LogP contribution in [0.2, 0.25) is 0 Å². The molecule has 0 heterocycles. The van der Waals surface area contributed by atoms with Gasteiger partial charge in [0.05, 0.1) is 0 Å². The molecule has 1 heteroatoms. The average molecular weight is 238 g/mol. The van der Waals surface area contributed by atoms with Crippen molar-refractivity contribution in [2.75, 3.05) is 6.61 Å². The predicted octanol–water partition coefficient (Wildman–Crippen LogP) is 4.39. The largest absolute Gasteiger partial charge is 0.396 e. The number of rotatable bonds is 6. The van der Waals surface area contributed by atoms with Crippen molar-refractivity contribution in [2.24, 2.45) is 22.7 Å². The molecule has 1 N–H and O–H groups in total. The van der Waals surface area contributed by atoms with Gasteiger partial charge in [0.2, 0.25) is 0 Å². The normalized spacial score (nSPS) is 38.8. The van der Waals surface area contributed by atoms with E-state index in [2.05, 4.69) is 20.8 Å². The van der Waals surface area contributed by atoms with Crippen LogP contribution in [0, 0.1) is 22.7 Å². The van der Waals surface area contributed by atoms with Crippen molar-refractivity contribution < 1.29 is 5.11 Å². The molecule has 0 radical (unpaired) electrons. The molecule has 1 nitrogen and oxygen atoms in total. The highest BCUT2D eigenvalue weighted by atomic mass is 16.2. The Morgan fingerprint density at radius 2 is 1.76 bits per heavy atom. The zero-order chi connectivity index (χ0) is 12.5. The van der Waals surface area contributed by atoms with Crippen molar-refractivity contribution in [1.82, 2.24) is 0 Å². The van der Waals surface area contributed by atoms with Crippen molar-refractivity contribution in [3.05, 3.63) is 0 Å². The van der Waals surface area contributed by atoms with Gasteiger partial charge in [-0.2, -0.15) is 0 Å². The summed E-state index contributed by atoms with van der Waals surface area (Å²) in [4.78, 5) is 0. The van der Waals surface area contributed by atoms with Crippen LogP contribution >= 0.6 is 0 Å². The van der Waals surface area contributed by atoms with Crippen LogP contribution in [0.15, 0.2) is 0 Å². The second-order valence-corrected chi connectivity index (χ2v) is 7.23. The lowest BCUT2D eigenvalue weighted by molar-refractivity contribution is 0.0960.